The fourth-order valence-corrected chi connectivity index (χ4v) is 4.59. The van der Waals surface area contributed by atoms with Crippen LogP contribution >= 0.6 is 0 Å². The summed E-state index contributed by atoms with van der Waals surface area (Å²) in [7, 11) is -3.34. The summed E-state index contributed by atoms with van der Waals surface area (Å²) >= 11 is 0. The lowest BCUT2D eigenvalue weighted by molar-refractivity contribution is 0.425. The minimum Gasteiger partial charge on any atom is -0.271 e. The first-order chi connectivity index (χ1) is 8.97. The van der Waals surface area contributed by atoms with Crippen molar-refractivity contribution in [2.75, 3.05) is 5.75 Å². The second-order valence-electron chi connectivity index (χ2n) is 4.69. The van der Waals surface area contributed by atoms with E-state index in [1.807, 2.05) is 0 Å². The van der Waals surface area contributed by atoms with E-state index < -0.39 is 32.8 Å². The maximum Gasteiger partial charge on any atom is 0.163 e. The predicted molar refractivity (Wildman–Crippen MR) is 67.8 cm³/mol. The molecule has 4 nitrogen and oxygen atoms in total. The van der Waals surface area contributed by atoms with Crippen LogP contribution in [-0.4, -0.2) is 19.4 Å². The van der Waals surface area contributed by atoms with Crippen molar-refractivity contribution >= 4 is 9.84 Å². The van der Waals surface area contributed by atoms with Crippen molar-refractivity contribution in [2.45, 2.75) is 30.6 Å². The molecule has 2 unspecified atom stereocenters. The molecule has 1 aliphatic rings. The Balaban J connectivity index is 2.42. The molecule has 1 fully saturated rings. The zero-order valence-corrected chi connectivity index (χ0v) is 11.1. The van der Waals surface area contributed by atoms with Crippen molar-refractivity contribution in [1.29, 1.82) is 0 Å². The van der Waals surface area contributed by atoms with Crippen molar-refractivity contribution < 1.29 is 17.2 Å². The van der Waals surface area contributed by atoms with E-state index >= 15 is 0 Å². The summed E-state index contributed by atoms with van der Waals surface area (Å²) in [6.07, 6.45) is 1.73. The third-order valence-corrected chi connectivity index (χ3v) is 5.78. The van der Waals surface area contributed by atoms with Gasteiger partial charge in [0.1, 0.15) is 0 Å². The van der Waals surface area contributed by atoms with E-state index in [1.54, 1.807) is 0 Å². The van der Waals surface area contributed by atoms with Gasteiger partial charge in [0.05, 0.1) is 17.0 Å². The van der Waals surface area contributed by atoms with E-state index in [9.17, 15) is 17.2 Å². The minimum atomic E-state index is -3.34. The van der Waals surface area contributed by atoms with Gasteiger partial charge in [0.15, 0.2) is 21.5 Å². The van der Waals surface area contributed by atoms with Gasteiger partial charge in [-0.3, -0.25) is 11.3 Å². The van der Waals surface area contributed by atoms with Gasteiger partial charge in [0, 0.05) is 5.56 Å². The van der Waals surface area contributed by atoms with E-state index in [4.69, 9.17) is 5.84 Å². The van der Waals surface area contributed by atoms with Gasteiger partial charge in [-0.2, -0.15) is 0 Å². The highest BCUT2D eigenvalue weighted by molar-refractivity contribution is 7.92. The summed E-state index contributed by atoms with van der Waals surface area (Å²) in [6.45, 7) is 0. The molecule has 1 saturated heterocycles. The Bertz CT molecular complexity index is 563. The molecule has 0 aromatic heterocycles. The molecule has 106 valence electrons. The van der Waals surface area contributed by atoms with E-state index in [0.29, 0.717) is 12.8 Å². The first kappa shape index (κ1) is 14.4. The maximum absolute atomic E-state index is 13.8. The van der Waals surface area contributed by atoms with Crippen LogP contribution in [0.3, 0.4) is 0 Å². The van der Waals surface area contributed by atoms with Crippen LogP contribution in [0, 0.1) is 11.6 Å². The average Bonchev–Trinajstić information content (AvgIpc) is 2.37. The van der Waals surface area contributed by atoms with E-state index in [-0.39, 0.29) is 11.3 Å². The molecular weight excluding hydrogens is 274 g/mol. The van der Waals surface area contributed by atoms with Crippen LogP contribution in [0.15, 0.2) is 18.2 Å². The number of rotatable bonds is 3. The Kier molecular flexibility index (Phi) is 4.17. The van der Waals surface area contributed by atoms with E-state index in [1.165, 1.54) is 12.1 Å². The van der Waals surface area contributed by atoms with Gasteiger partial charge in [0.2, 0.25) is 0 Å². The maximum atomic E-state index is 13.8. The molecule has 0 amide bonds. The molecule has 0 bridgehead atoms. The van der Waals surface area contributed by atoms with Crippen LogP contribution < -0.4 is 11.3 Å². The molecule has 0 spiro atoms. The number of hydrogen-bond acceptors (Lipinski definition) is 4. The molecule has 2 rings (SSSR count). The monoisotopic (exact) mass is 290 g/mol. The highest BCUT2D eigenvalue weighted by Gasteiger charge is 2.37. The summed E-state index contributed by atoms with van der Waals surface area (Å²) in [6, 6.07) is 2.75. The number of benzene rings is 1. The topological polar surface area (TPSA) is 72.2 Å². The minimum absolute atomic E-state index is 0.0435. The second-order valence-corrected chi connectivity index (χ2v) is 7.03. The number of sulfone groups is 1. The van der Waals surface area contributed by atoms with Crippen LogP contribution in [0.2, 0.25) is 0 Å². The van der Waals surface area contributed by atoms with Crippen molar-refractivity contribution in [2.24, 2.45) is 5.84 Å². The molecule has 0 saturated carbocycles. The number of hydrazine groups is 1. The smallest absolute Gasteiger partial charge is 0.163 e. The van der Waals surface area contributed by atoms with Crippen LogP contribution in [0.1, 0.15) is 30.9 Å². The Labute approximate surface area is 110 Å². The molecule has 3 N–H and O–H groups in total. The van der Waals surface area contributed by atoms with Crippen molar-refractivity contribution in [1.82, 2.24) is 5.43 Å². The highest BCUT2D eigenvalue weighted by atomic mass is 32.2. The van der Waals surface area contributed by atoms with Crippen molar-refractivity contribution in [3.05, 3.63) is 35.4 Å². The molecule has 7 heteroatoms. The third-order valence-electron chi connectivity index (χ3n) is 3.50. The molecule has 1 heterocycles. The Morgan fingerprint density at radius 2 is 2.05 bits per heavy atom. The van der Waals surface area contributed by atoms with Gasteiger partial charge >= 0.3 is 0 Å². The van der Waals surface area contributed by atoms with Crippen LogP contribution in [0.4, 0.5) is 8.78 Å². The van der Waals surface area contributed by atoms with Crippen molar-refractivity contribution in [3.63, 3.8) is 0 Å². The largest absolute Gasteiger partial charge is 0.271 e. The molecule has 0 aliphatic carbocycles. The first-order valence-corrected chi connectivity index (χ1v) is 7.80. The lowest BCUT2D eigenvalue weighted by Crippen LogP contribution is -2.43. The molecule has 1 aromatic carbocycles. The second kappa shape index (κ2) is 5.52. The van der Waals surface area contributed by atoms with Gasteiger partial charge in [-0.15, -0.1) is 0 Å². The summed E-state index contributed by atoms with van der Waals surface area (Å²) in [5.41, 5.74) is 2.28. The molecular formula is C12H16F2N2O2S. The van der Waals surface area contributed by atoms with E-state index in [0.717, 1.165) is 12.5 Å². The zero-order valence-electron chi connectivity index (χ0n) is 10.3. The van der Waals surface area contributed by atoms with E-state index in [2.05, 4.69) is 5.43 Å². The van der Waals surface area contributed by atoms with Crippen LogP contribution in [0.25, 0.3) is 0 Å². The lowest BCUT2D eigenvalue weighted by Gasteiger charge is -2.30. The molecule has 0 radical (unpaired) electrons. The Morgan fingerprint density at radius 3 is 2.68 bits per heavy atom. The fraction of sp³-hybridized carbons (Fsp3) is 0.500. The molecule has 19 heavy (non-hydrogen) atoms. The standard InChI is InChI=1S/C12H16F2N2O2S/c13-9-5-3-4-8(11(9)14)12(16-15)10-6-1-2-7-19(10,17)18/h3-5,10,12,16H,1-2,6-7,15H2. The zero-order chi connectivity index (χ0) is 14.0. The van der Waals surface area contributed by atoms with Gasteiger partial charge in [-0.05, 0) is 18.9 Å². The lowest BCUT2D eigenvalue weighted by atomic mass is 9.99. The highest BCUT2D eigenvalue weighted by Crippen LogP contribution is 2.31. The normalized spacial score (nSPS) is 24.1. The number of nitrogens with one attached hydrogen (secondary N) is 1. The number of halogens is 2. The molecule has 1 aliphatic heterocycles. The van der Waals surface area contributed by atoms with Gasteiger partial charge in [0.25, 0.3) is 0 Å². The summed E-state index contributed by atoms with van der Waals surface area (Å²) < 4.78 is 51.1. The SMILES string of the molecule is NNC(c1cccc(F)c1F)C1CCCCS1(=O)=O. The van der Waals surface area contributed by atoms with Crippen molar-refractivity contribution in [3.8, 4) is 0 Å². The summed E-state index contributed by atoms with van der Waals surface area (Å²) in [5.74, 6) is 3.38. The number of nitrogens with two attached hydrogens (primary N) is 1. The summed E-state index contributed by atoms with van der Waals surface area (Å²) in [5, 5.41) is -0.817. The number of hydrogen-bond donors (Lipinski definition) is 2. The van der Waals surface area contributed by atoms with Crippen LogP contribution in [0.5, 0.6) is 0 Å². The first-order valence-electron chi connectivity index (χ1n) is 6.09. The average molecular weight is 290 g/mol. The molecule has 2 atom stereocenters. The van der Waals surface area contributed by atoms with Gasteiger partial charge in [-0.25, -0.2) is 17.2 Å². The predicted octanol–water partition coefficient (Wildman–Crippen LogP) is 1.44. The summed E-state index contributed by atoms with van der Waals surface area (Å²) in [4.78, 5) is 0. The Morgan fingerprint density at radius 1 is 1.32 bits per heavy atom. The van der Waals surface area contributed by atoms with Crippen LogP contribution in [-0.2, 0) is 9.84 Å². The molecule has 1 aromatic rings. The quantitative estimate of drug-likeness (QED) is 0.652. The fourth-order valence-electron chi connectivity index (χ4n) is 2.51. The van der Waals surface area contributed by atoms with Gasteiger partial charge in [-0.1, -0.05) is 18.6 Å². The Hall–Kier alpha value is -1.05. The van der Waals surface area contributed by atoms with Gasteiger partial charge < -0.3 is 0 Å². The third kappa shape index (κ3) is 2.77.